The van der Waals surface area contributed by atoms with Crippen LogP contribution in [0.15, 0.2) is 33.9 Å². The van der Waals surface area contributed by atoms with E-state index in [0.29, 0.717) is 35.8 Å². The van der Waals surface area contributed by atoms with Gasteiger partial charge in [0.05, 0.1) is 13.2 Å². The highest BCUT2D eigenvalue weighted by Crippen LogP contribution is 2.30. The number of carbonyl (C=O) groups is 3. The molecule has 0 bridgehead atoms. The molecule has 2 N–H and O–H groups in total. The molecule has 0 saturated heterocycles. The van der Waals surface area contributed by atoms with E-state index in [1.54, 1.807) is 31.4 Å². The van der Waals surface area contributed by atoms with E-state index in [-0.39, 0.29) is 36.0 Å². The van der Waals surface area contributed by atoms with Gasteiger partial charge in [-0.2, -0.15) is 0 Å². The molecule has 0 aliphatic heterocycles. The van der Waals surface area contributed by atoms with E-state index in [0.717, 1.165) is 31.6 Å². The van der Waals surface area contributed by atoms with Crippen LogP contribution in [0.4, 0.5) is 0 Å². The third-order valence-electron chi connectivity index (χ3n) is 6.56. The summed E-state index contributed by atoms with van der Waals surface area (Å²) in [4.78, 5) is 42.3. The van der Waals surface area contributed by atoms with Crippen molar-refractivity contribution in [2.24, 2.45) is 5.92 Å². The number of ketones is 1. The summed E-state index contributed by atoms with van der Waals surface area (Å²) in [5, 5.41) is 14.2. The number of ether oxygens (including phenoxy) is 1. The summed E-state index contributed by atoms with van der Waals surface area (Å²) in [7, 11) is 5.51. The molecule has 2 aromatic rings. The summed E-state index contributed by atoms with van der Waals surface area (Å²) in [5.41, 5.74) is -0.671. The number of benzene rings is 1. The predicted octanol–water partition coefficient (Wildman–Crippen LogP) is 4.00. The lowest BCUT2D eigenvalue weighted by Gasteiger charge is -2.37. The fourth-order valence-corrected chi connectivity index (χ4v) is 5.30. The highest BCUT2D eigenvalue weighted by atomic mass is 35.5. The Kier molecular flexibility index (Phi) is 12.7. The summed E-state index contributed by atoms with van der Waals surface area (Å²) in [6, 6.07) is 5.89. The standard InChI is InChI=1S/C27H39N5O5S.ClH/c1-18(2)17-21(22(33)24-30-31-26(37-24)38-16-15-32(3)4)28-25(35)27(13-7-6-8-14-27)29-23(34)19-9-11-20(36-5)12-10-19;/h9-12,18,21H,6-8,13-17H2,1-5H3,(H,28,35)(H,29,34);1H. The van der Waals surface area contributed by atoms with Crippen LogP contribution in [0.3, 0.4) is 0 Å². The number of hydrogen-bond acceptors (Lipinski definition) is 9. The first-order valence-electron chi connectivity index (χ1n) is 13.1. The van der Waals surface area contributed by atoms with Crippen LogP contribution in [0.25, 0.3) is 0 Å². The molecule has 0 spiro atoms. The van der Waals surface area contributed by atoms with Crippen LogP contribution < -0.4 is 15.4 Å². The fraction of sp³-hybridized carbons (Fsp3) is 0.593. The Balaban J connectivity index is 0.00000533. The maximum Gasteiger partial charge on any atom is 0.286 e. The van der Waals surface area contributed by atoms with Gasteiger partial charge >= 0.3 is 0 Å². The Morgan fingerprint density at radius 2 is 1.77 bits per heavy atom. The first-order chi connectivity index (χ1) is 18.1. The Hall–Kier alpha value is -2.63. The number of rotatable bonds is 13. The second kappa shape index (κ2) is 15.2. The molecule has 216 valence electrons. The molecule has 1 fully saturated rings. The number of Topliss-reactive ketones (excluding diaryl/α,β-unsaturated/α-hetero) is 1. The van der Waals surface area contributed by atoms with Crippen LogP contribution in [0.1, 0.15) is 73.4 Å². The van der Waals surface area contributed by atoms with Crippen LogP contribution in [0.2, 0.25) is 0 Å². The van der Waals surface area contributed by atoms with Crippen molar-refractivity contribution in [1.82, 2.24) is 25.7 Å². The maximum atomic E-state index is 13.8. The van der Waals surface area contributed by atoms with Crippen molar-refractivity contribution in [2.75, 3.05) is 33.5 Å². The molecule has 1 heterocycles. The predicted molar refractivity (Wildman–Crippen MR) is 153 cm³/mol. The number of hydrogen-bond donors (Lipinski definition) is 2. The number of nitrogens with one attached hydrogen (secondary N) is 2. The Morgan fingerprint density at radius 3 is 2.36 bits per heavy atom. The minimum atomic E-state index is -1.10. The Morgan fingerprint density at radius 1 is 1.10 bits per heavy atom. The number of carbonyl (C=O) groups excluding carboxylic acids is 3. The van der Waals surface area contributed by atoms with E-state index in [9.17, 15) is 14.4 Å². The molecular formula is C27H40ClN5O5S. The van der Waals surface area contributed by atoms with E-state index in [1.807, 2.05) is 32.8 Å². The van der Waals surface area contributed by atoms with Gasteiger partial charge in [-0.1, -0.05) is 44.9 Å². The Labute approximate surface area is 240 Å². The van der Waals surface area contributed by atoms with Crippen molar-refractivity contribution >= 4 is 41.8 Å². The third-order valence-corrected chi connectivity index (χ3v) is 7.36. The average molecular weight is 582 g/mol. The second-order valence-electron chi connectivity index (χ2n) is 10.4. The van der Waals surface area contributed by atoms with Gasteiger partial charge in [-0.25, -0.2) is 0 Å². The molecule has 2 amide bonds. The number of amides is 2. The second-order valence-corrected chi connectivity index (χ2v) is 11.4. The zero-order valence-electron chi connectivity index (χ0n) is 23.3. The fourth-order valence-electron chi connectivity index (χ4n) is 4.43. The maximum absolute atomic E-state index is 13.8. The molecule has 3 rings (SSSR count). The van der Waals surface area contributed by atoms with Gasteiger partial charge in [0.25, 0.3) is 17.0 Å². The van der Waals surface area contributed by atoms with E-state index < -0.39 is 17.4 Å². The quantitative estimate of drug-likeness (QED) is 0.266. The lowest BCUT2D eigenvalue weighted by Crippen LogP contribution is -2.62. The van der Waals surface area contributed by atoms with Gasteiger partial charge < -0.3 is 24.7 Å². The van der Waals surface area contributed by atoms with Crippen LogP contribution in [-0.4, -0.2) is 77.8 Å². The lowest BCUT2D eigenvalue weighted by molar-refractivity contribution is -0.129. The lowest BCUT2D eigenvalue weighted by atomic mass is 9.80. The summed E-state index contributed by atoms with van der Waals surface area (Å²) < 4.78 is 10.8. The normalized spacial score (nSPS) is 15.4. The molecule has 1 saturated carbocycles. The number of aromatic nitrogens is 2. The largest absolute Gasteiger partial charge is 0.497 e. The first-order valence-corrected chi connectivity index (χ1v) is 14.0. The monoisotopic (exact) mass is 581 g/mol. The van der Waals surface area contributed by atoms with Gasteiger partial charge in [-0.3, -0.25) is 14.4 Å². The summed E-state index contributed by atoms with van der Waals surface area (Å²) in [6.07, 6.45) is 3.98. The van der Waals surface area contributed by atoms with Gasteiger partial charge in [-0.05, 0) is 63.5 Å². The minimum Gasteiger partial charge on any atom is -0.497 e. The molecule has 12 heteroatoms. The molecule has 1 aromatic carbocycles. The molecular weight excluding hydrogens is 542 g/mol. The summed E-state index contributed by atoms with van der Waals surface area (Å²) in [5.74, 6) is 0.255. The van der Waals surface area contributed by atoms with E-state index in [1.165, 1.54) is 11.8 Å². The van der Waals surface area contributed by atoms with Crippen molar-refractivity contribution in [1.29, 1.82) is 0 Å². The molecule has 0 radical (unpaired) electrons. The van der Waals surface area contributed by atoms with Crippen LogP contribution >= 0.6 is 24.2 Å². The summed E-state index contributed by atoms with van der Waals surface area (Å²) in [6.45, 7) is 4.78. The molecule has 1 unspecified atom stereocenters. The number of halogens is 1. The minimum absolute atomic E-state index is 0. The topological polar surface area (TPSA) is 127 Å². The number of thioether (sulfide) groups is 1. The average Bonchev–Trinajstić information content (AvgIpc) is 3.36. The molecule has 10 nitrogen and oxygen atoms in total. The zero-order chi connectivity index (χ0) is 27.7. The highest BCUT2D eigenvalue weighted by molar-refractivity contribution is 7.99. The molecule has 39 heavy (non-hydrogen) atoms. The molecule has 1 atom stereocenters. The first kappa shape index (κ1) is 32.6. The van der Waals surface area contributed by atoms with E-state index >= 15 is 0 Å². The molecule has 1 aliphatic carbocycles. The molecule has 1 aliphatic rings. The third kappa shape index (κ3) is 9.22. The number of methoxy groups -OCH3 is 1. The Bertz CT molecular complexity index is 1090. The van der Waals surface area contributed by atoms with Crippen molar-refractivity contribution in [3.05, 3.63) is 35.7 Å². The van der Waals surface area contributed by atoms with Crippen molar-refractivity contribution < 1.29 is 23.5 Å². The van der Waals surface area contributed by atoms with Crippen LogP contribution in [-0.2, 0) is 4.79 Å². The van der Waals surface area contributed by atoms with Crippen LogP contribution in [0.5, 0.6) is 5.75 Å². The van der Waals surface area contributed by atoms with E-state index in [2.05, 4.69) is 20.8 Å². The SMILES string of the molecule is COc1ccc(C(=O)NC2(C(=O)NC(CC(C)C)C(=O)c3nnc(SCCN(C)C)o3)CCCCC2)cc1.Cl. The van der Waals surface area contributed by atoms with Gasteiger partial charge in [0.1, 0.15) is 11.3 Å². The van der Waals surface area contributed by atoms with Crippen molar-refractivity contribution in [2.45, 2.75) is 69.2 Å². The molecule has 1 aromatic heterocycles. The van der Waals surface area contributed by atoms with Crippen molar-refractivity contribution in [3.63, 3.8) is 0 Å². The number of nitrogens with zero attached hydrogens (tertiary/aromatic N) is 3. The van der Waals surface area contributed by atoms with E-state index in [4.69, 9.17) is 9.15 Å². The van der Waals surface area contributed by atoms with Gasteiger partial charge in [0.15, 0.2) is 0 Å². The van der Waals surface area contributed by atoms with Gasteiger partial charge in [-0.15, -0.1) is 22.6 Å². The zero-order valence-corrected chi connectivity index (χ0v) is 25.0. The van der Waals surface area contributed by atoms with Gasteiger partial charge in [0, 0.05) is 17.9 Å². The summed E-state index contributed by atoms with van der Waals surface area (Å²) >= 11 is 1.38. The van der Waals surface area contributed by atoms with Crippen molar-refractivity contribution in [3.8, 4) is 5.75 Å². The highest BCUT2D eigenvalue weighted by Gasteiger charge is 2.43. The smallest absolute Gasteiger partial charge is 0.286 e. The van der Waals surface area contributed by atoms with Crippen LogP contribution in [0, 0.1) is 5.92 Å². The van der Waals surface area contributed by atoms with Gasteiger partial charge in [0.2, 0.25) is 11.7 Å².